The molecular weight excluding hydrogens is 327 g/mol. The number of rotatable bonds is 4. The number of amides is 1. The zero-order chi connectivity index (χ0) is 16.9. The number of benzene rings is 2. The van der Waals surface area contributed by atoms with Gasteiger partial charge in [-0.1, -0.05) is 35.9 Å². The third-order valence-corrected chi connectivity index (χ3v) is 3.27. The van der Waals surface area contributed by atoms with Crippen molar-refractivity contribution in [1.82, 2.24) is 5.32 Å². The van der Waals surface area contributed by atoms with E-state index in [0.29, 0.717) is 10.6 Å². The maximum absolute atomic E-state index is 12.6. The van der Waals surface area contributed by atoms with Crippen LogP contribution in [0.2, 0.25) is 5.02 Å². The Morgan fingerprint density at radius 1 is 1.13 bits per heavy atom. The summed E-state index contributed by atoms with van der Waals surface area (Å²) in [5.41, 5.74) is 0.442. The molecule has 0 aliphatic carbocycles. The average molecular weight is 340 g/mol. The van der Waals surface area contributed by atoms with Crippen molar-refractivity contribution >= 4 is 23.6 Å². The Hall–Kier alpha value is -2.27. The Morgan fingerprint density at radius 3 is 2.48 bits per heavy atom. The van der Waals surface area contributed by atoms with E-state index < -0.39 is 17.6 Å². The predicted octanol–water partition coefficient (Wildman–Crippen LogP) is 4.69. The van der Waals surface area contributed by atoms with Gasteiger partial charge in [0.25, 0.3) is 0 Å². The minimum absolute atomic E-state index is 0.0215. The van der Waals surface area contributed by atoms with Crippen molar-refractivity contribution in [2.45, 2.75) is 12.7 Å². The van der Waals surface area contributed by atoms with Gasteiger partial charge in [-0.05, 0) is 41.5 Å². The molecule has 0 saturated carbocycles. The van der Waals surface area contributed by atoms with Gasteiger partial charge in [0.05, 0.1) is 5.56 Å². The van der Waals surface area contributed by atoms with Crippen LogP contribution in [0.5, 0.6) is 0 Å². The molecule has 2 nitrogen and oxygen atoms in total. The van der Waals surface area contributed by atoms with Crippen LogP contribution in [0.15, 0.2) is 54.6 Å². The molecule has 0 unspecified atom stereocenters. The van der Waals surface area contributed by atoms with Crippen molar-refractivity contribution in [3.8, 4) is 0 Å². The predicted molar refractivity (Wildman–Crippen MR) is 83.8 cm³/mol. The second kappa shape index (κ2) is 7.33. The molecule has 0 aliphatic rings. The minimum atomic E-state index is -4.39. The monoisotopic (exact) mass is 339 g/mol. The third kappa shape index (κ3) is 5.45. The Bertz CT molecular complexity index is 709. The number of nitrogens with one attached hydrogen (secondary N) is 1. The number of alkyl halides is 3. The molecule has 1 N–H and O–H groups in total. The second-order valence-electron chi connectivity index (χ2n) is 4.80. The highest BCUT2D eigenvalue weighted by molar-refractivity contribution is 6.30. The summed E-state index contributed by atoms with van der Waals surface area (Å²) < 4.78 is 37.8. The van der Waals surface area contributed by atoms with E-state index >= 15 is 0 Å². The van der Waals surface area contributed by atoms with Crippen LogP contribution in [0.3, 0.4) is 0 Å². The molecule has 0 aliphatic heterocycles. The Kier molecular flexibility index (Phi) is 5.45. The molecule has 2 rings (SSSR count). The van der Waals surface area contributed by atoms with E-state index in [1.54, 1.807) is 30.3 Å². The molecule has 120 valence electrons. The van der Waals surface area contributed by atoms with Crippen LogP contribution in [0.25, 0.3) is 6.08 Å². The maximum atomic E-state index is 12.6. The van der Waals surface area contributed by atoms with Crippen molar-refractivity contribution in [3.63, 3.8) is 0 Å². The summed E-state index contributed by atoms with van der Waals surface area (Å²) in [5.74, 6) is -0.391. The third-order valence-electron chi connectivity index (χ3n) is 3.02. The smallest absolute Gasteiger partial charge is 0.348 e. The lowest BCUT2D eigenvalue weighted by atomic mass is 10.1. The van der Waals surface area contributed by atoms with E-state index in [1.165, 1.54) is 18.2 Å². The van der Waals surface area contributed by atoms with Gasteiger partial charge in [-0.25, -0.2) is 0 Å². The van der Waals surface area contributed by atoms with Gasteiger partial charge in [0.2, 0.25) is 5.91 Å². The van der Waals surface area contributed by atoms with E-state index in [1.807, 2.05) is 0 Å². The summed E-state index contributed by atoms with van der Waals surface area (Å²) in [6.07, 6.45) is -1.48. The first-order valence-corrected chi connectivity index (χ1v) is 7.10. The van der Waals surface area contributed by atoms with Gasteiger partial charge in [-0.15, -0.1) is 0 Å². The Balaban J connectivity index is 1.93. The van der Waals surface area contributed by atoms with Gasteiger partial charge in [0, 0.05) is 17.6 Å². The van der Waals surface area contributed by atoms with Gasteiger partial charge in [0.15, 0.2) is 0 Å². The van der Waals surface area contributed by atoms with Crippen LogP contribution < -0.4 is 5.32 Å². The molecular formula is C17H13ClF3NO. The topological polar surface area (TPSA) is 29.1 Å². The minimum Gasteiger partial charge on any atom is -0.348 e. The summed E-state index contributed by atoms with van der Waals surface area (Å²) in [6.45, 7) is 0.0215. The summed E-state index contributed by atoms with van der Waals surface area (Å²) in [5, 5.41) is 3.13. The molecule has 0 radical (unpaired) electrons. The van der Waals surface area contributed by atoms with E-state index in [0.717, 1.165) is 17.7 Å². The normalized spacial score (nSPS) is 11.7. The van der Waals surface area contributed by atoms with Gasteiger partial charge in [0.1, 0.15) is 0 Å². The molecule has 1 amide bonds. The first-order chi connectivity index (χ1) is 10.8. The fourth-order valence-corrected chi connectivity index (χ4v) is 1.98. The number of carbonyl (C=O) groups excluding carboxylic acids is 1. The highest BCUT2D eigenvalue weighted by atomic mass is 35.5. The molecule has 0 heterocycles. The lowest BCUT2D eigenvalue weighted by Gasteiger charge is -2.08. The SMILES string of the molecule is O=C(/C=C/c1ccc(Cl)cc1)NCc1cccc(C(F)(F)F)c1. The highest BCUT2D eigenvalue weighted by Gasteiger charge is 2.30. The van der Waals surface area contributed by atoms with Crippen molar-refractivity contribution < 1.29 is 18.0 Å². The number of halogens is 4. The van der Waals surface area contributed by atoms with Crippen LogP contribution >= 0.6 is 11.6 Å². The molecule has 6 heteroatoms. The van der Waals surface area contributed by atoms with Gasteiger partial charge in [-0.2, -0.15) is 13.2 Å². The standard InChI is InChI=1S/C17H13ClF3NO/c18-15-7-4-12(5-8-15)6-9-16(23)22-11-13-2-1-3-14(10-13)17(19,20)21/h1-10H,11H2,(H,22,23)/b9-6+. The van der Waals surface area contributed by atoms with Crippen molar-refractivity contribution in [2.24, 2.45) is 0 Å². The van der Waals surface area contributed by atoms with Crippen LogP contribution in [0.4, 0.5) is 13.2 Å². The second-order valence-corrected chi connectivity index (χ2v) is 5.24. The molecule has 0 atom stereocenters. The van der Waals surface area contributed by atoms with Crippen molar-refractivity contribution in [2.75, 3.05) is 0 Å². The average Bonchev–Trinajstić information content (AvgIpc) is 2.52. The highest BCUT2D eigenvalue weighted by Crippen LogP contribution is 2.29. The lowest BCUT2D eigenvalue weighted by molar-refractivity contribution is -0.137. The largest absolute Gasteiger partial charge is 0.416 e. The van der Waals surface area contributed by atoms with Crippen LogP contribution in [0, 0.1) is 0 Å². The summed E-state index contributed by atoms with van der Waals surface area (Å²) in [4.78, 5) is 11.7. The van der Waals surface area contributed by atoms with Crippen molar-refractivity contribution in [1.29, 1.82) is 0 Å². The van der Waals surface area contributed by atoms with E-state index in [2.05, 4.69) is 5.32 Å². The zero-order valence-electron chi connectivity index (χ0n) is 11.9. The first kappa shape index (κ1) is 17.1. The van der Waals surface area contributed by atoms with E-state index in [9.17, 15) is 18.0 Å². The molecule has 2 aromatic rings. The molecule has 0 aromatic heterocycles. The lowest BCUT2D eigenvalue weighted by Crippen LogP contribution is -2.20. The zero-order valence-corrected chi connectivity index (χ0v) is 12.7. The fraction of sp³-hybridized carbons (Fsp3) is 0.118. The number of hydrogen-bond acceptors (Lipinski definition) is 1. The molecule has 0 fully saturated rings. The van der Waals surface area contributed by atoms with Gasteiger partial charge in [-0.3, -0.25) is 4.79 Å². The quantitative estimate of drug-likeness (QED) is 0.804. The molecule has 0 saturated heterocycles. The summed E-state index contributed by atoms with van der Waals surface area (Å²) in [6, 6.07) is 11.7. The fourth-order valence-electron chi connectivity index (χ4n) is 1.85. The molecule has 23 heavy (non-hydrogen) atoms. The number of carbonyl (C=O) groups is 1. The van der Waals surface area contributed by atoms with E-state index in [-0.39, 0.29) is 6.54 Å². The first-order valence-electron chi connectivity index (χ1n) is 6.72. The summed E-state index contributed by atoms with van der Waals surface area (Å²) >= 11 is 5.75. The van der Waals surface area contributed by atoms with Gasteiger partial charge >= 0.3 is 6.18 Å². The number of hydrogen-bond donors (Lipinski definition) is 1. The van der Waals surface area contributed by atoms with Crippen molar-refractivity contribution in [3.05, 3.63) is 76.3 Å². The Labute approximate surface area is 136 Å². The summed E-state index contributed by atoms with van der Waals surface area (Å²) in [7, 11) is 0. The van der Waals surface area contributed by atoms with Crippen LogP contribution in [-0.2, 0) is 17.5 Å². The maximum Gasteiger partial charge on any atom is 0.416 e. The molecule has 0 bridgehead atoms. The molecule has 0 spiro atoms. The van der Waals surface area contributed by atoms with E-state index in [4.69, 9.17) is 11.6 Å². The van der Waals surface area contributed by atoms with Crippen LogP contribution in [0.1, 0.15) is 16.7 Å². The Morgan fingerprint density at radius 2 is 1.83 bits per heavy atom. The van der Waals surface area contributed by atoms with Crippen LogP contribution in [-0.4, -0.2) is 5.91 Å². The molecule has 2 aromatic carbocycles. The van der Waals surface area contributed by atoms with Gasteiger partial charge < -0.3 is 5.32 Å².